The van der Waals surface area contributed by atoms with Crippen molar-refractivity contribution in [3.05, 3.63) is 47.0 Å². The fourth-order valence-electron chi connectivity index (χ4n) is 1.63. The Kier molecular flexibility index (Phi) is 3.22. The molecular weight excluding hydrogens is 226 g/mol. The molecule has 84 valence electrons. The van der Waals surface area contributed by atoms with Crippen LogP contribution in [0.25, 0.3) is 0 Å². The monoisotopic (exact) mass is 237 g/mol. The molecule has 2 rings (SSSR count). The largest absolute Gasteiger partial charge is 0.388 e. The van der Waals surface area contributed by atoms with Crippen molar-refractivity contribution in [1.29, 1.82) is 0 Å². The summed E-state index contributed by atoms with van der Waals surface area (Å²) in [6.07, 6.45) is 1.61. The van der Waals surface area contributed by atoms with Gasteiger partial charge in [0.2, 0.25) is 0 Å². The van der Waals surface area contributed by atoms with Crippen molar-refractivity contribution in [1.82, 2.24) is 14.8 Å². The number of aliphatic hydroxyl groups excluding tert-OH is 1. The van der Waals surface area contributed by atoms with Crippen molar-refractivity contribution in [3.8, 4) is 0 Å². The molecule has 1 aromatic carbocycles. The molecule has 0 fully saturated rings. The summed E-state index contributed by atoms with van der Waals surface area (Å²) in [7, 11) is 0. The number of aromatic nitrogens is 3. The van der Waals surface area contributed by atoms with Crippen LogP contribution in [-0.2, 0) is 6.61 Å². The molecule has 1 atom stereocenters. The highest BCUT2D eigenvalue weighted by Crippen LogP contribution is 2.21. The zero-order chi connectivity index (χ0) is 11.5. The van der Waals surface area contributed by atoms with Gasteiger partial charge in [-0.2, -0.15) is 0 Å². The van der Waals surface area contributed by atoms with Crippen LogP contribution in [0.2, 0.25) is 5.02 Å². The van der Waals surface area contributed by atoms with Crippen molar-refractivity contribution in [2.45, 2.75) is 19.6 Å². The maximum Gasteiger partial charge on any atom is 0.159 e. The number of hydrogen-bond donors (Lipinski definition) is 1. The van der Waals surface area contributed by atoms with E-state index in [-0.39, 0.29) is 12.6 Å². The van der Waals surface area contributed by atoms with Crippen molar-refractivity contribution in [2.75, 3.05) is 0 Å². The highest BCUT2D eigenvalue weighted by molar-refractivity contribution is 6.30. The molecule has 4 nitrogen and oxygen atoms in total. The van der Waals surface area contributed by atoms with Gasteiger partial charge in [-0.05, 0) is 24.6 Å². The van der Waals surface area contributed by atoms with E-state index >= 15 is 0 Å². The van der Waals surface area contributed by atoms with Crippen LogP contribution in [0.3, 0.4) is 0 Å². The average Bonchev–Trinajstić information content (AvgIpc) is 2.76. The summed E-state index contributed by atoms with van der Waals surface area (Å²) >= 11 is 5.93. The van der Waals surface area contributed by atoms with Crippen LogP contribution in [-0.4, -0.2) is 19.9 Å². The number of rotatable bonds is 3. The Morgan fingerprint density at radius 1 is 1.50 bits per heavy atom. The first-order valence-electron chi connectivity index (χ1n) is 4.97. The zero-order valence-corrected chi connectivity index (χ0v) is 9.59. The average molecular weight is 238 g/mol. The van der Waals surface area contributed by atoms with Gasteiger partial charge in [0.15, 0.2) is 5.82 Å². The summed E-state index contributed by atoms with van der Waals surface area (Å²) in [5.74, 6) is 0.549. The molecule has 1 aromatic heterocycles. The Morgan fingerprint density at radius 3 is 3.00 bits per heavy atom. The van der Waals surface area contributed by atoms with Gasteiger partial charge in [0.1, 0.15) is 12.9 Å². The van der Waals surface area contributed by atoms with Crippen molar-refractivity contribution in [3.63, 3.8) is 0 Å². The molecule has 0 radical (unpaired) electrons. The van der Waals surface area contributed by atoms with Crippen LogP contribution >= 0.6 is 11.6 Å². The van der Waals surface area contributed by atoms with Gasteiger partial charge in [-0.25, -0.2) is 0 Å². The summed E-state index contributed by atoms with van der Waals surface area (Å²) in [6, 6.07) is 7.66. The molecule has 0 aliphatic rings. The van der Waals surface area contributed by atoms with Gasteiger partial charge in [-0.15, -0.1) is 10.2 Å². The van der Waals surface area contributed by atoms with Gasteiger partial charge in [0.05, 0.1) is 6.04 Å². The molecular formula is C11H12ClN3O. The lowest BCUT2D eigenvalue weighted by Crippen LogP contribution is -2.09. The molecule has 2 aromatic rings. The second-order valence-corrected chi connectivity index (χ2v) is 3.98. The lowest BCUT2D eigenvalue weighted by Gasteiger charge is -2.15. The molecule has 0 amide bonds. The molecule has 1 heterocycles. The minimum Gasteiger partial charge on any atom is -0.388 e. The van der Waals surface area contributed by atoms with Crippen LogP contribution < -0.4 is 0 Å². The number of halogens is 1. The van der Waals surface area contributed by atoms with E-state index in [0.29, 0.717) is 10.8 Å². The Hall–Kier alpha value is -1.39. The molecule has 1 N–H and O–H groups in total. The van der Waals surface area contributed by atoms with Gasteiger partial charge in [0.25, 0.3) is 0 Å². The third kappa shape index (κ3) is 2.08. The van der Waals surface area contributed by atoms with Crippen LogP contribution in [0.15, 0.2) is 30.6 Å². The molecule has 0 bridgehead atoms. The van der Waals surface area contributed by atoms with Crippen molar-refractivity contribution >= 4 is 11.6 Å². The van der Waals surface area contributed by atoms with Crippen molar-refractivity contribution < 1.29 is 5.11 Å². The molecule has 0 saturated heterocycles. The minimum absolute atomic E-state index is 0.0517. The number of benzene rings is 1. The summed E-state index contributed by atoms with van der Waals surface area (Å²) in [5, 5.41) is 17.4. The van der Waals surface area contributed by atoms with E-state index in [9.17, 15) is 0 Å². The summed E-state index contributed by atoms with van der Waals surface area (Å²) in [4.78, 5) is 0. The van der Waals surface area contributed by atoms with E-state index in [2.05, 4.69) is 10.2 Å². The lowest BCUT2D eigenvalue weighted by molar-refractivity contribution is 0.263. The SMILES string of the molecule is CC(c1cccc(Cl)c1)n1cnnc1CO. The summed E-state index contributed by atoms with van der Waals surface area (Å²) < 4.78 is 1.83. The number of nitrogens with zero attached hydrogens (tertiary/aromatic N) is 3. The van der Waals surface area contributed by atoms with Crippen LogP contribution in [0.5, 0.6) is 0 Å². The predicted octanol–water partition coefficient (Wildman–Crippen LogP) is 2.03. The van der Waals surface area contributed by atoms with Gasteiger partial charge in [-0.1, -0.05) is 23.7 Å². The minimum atomic E-state index is -0.120. The second-order valence-electron chi connectivity index (χ2n) is 3.54. The summed E-state index contributed by atoms with van der Waals surface area (Å²) in [6.45, 7) is 1.89. The van der Waals surface area contributed by atoms with E-state index in [0.717, 1.165) is 5.56 Å². The van der Waals surface area contributed by atoms with E-state index in [1.54, 1.807) is 6.33 Å². The Morgan fingerprint density at radius 2 is 2.31 bits per heavy atom. The van der Waals surface area contributed by atoms with E-state index in [4.69, 9.17) is 16.7 Å². The first kappa shape index (κ1) is 11.1. The van der Waals surface area contributed by atoms with Crippen LogP contribution in [0, 0.1) is 0 Å². The molecule has 1 unspecified atom stereocenters. The smallest absolute Gasteiger partial charge is 0.159 e. The van der Waals surface area contributed by atoms with Gasteiger partial charge >= 0.3 is 0 Å². The zero-order valence-electron chi connectivity index (χ0n) is 8.84. The standard InChI is InChI=1S/C11H12ClN3O/c1-8(9-3-2-4-10(12)5-9)15-7-13-14-11(15)6-16/h2-5,7-8,16H,6H2,1H3. The molecule has 0 aliphatic heterocycles. The highest BCUT2D eigenvalue weighted by atomic mass is 35.5. The Labute approximate surface area is 98.5 Å². The molecule has 16 heavy (non-hydrogen) atoms. The molecule has 0 spiro atoms. The van der Waals surface area contributed by atoms with Gasteiger partial charge in [-0.3, -0.25) is 0 Å². The lowest BCUT2D eigenvalue weighted by atomic mass is 10.1. The van der Waals surface area contributed by atoms with E-state index in [1.807, 2.05) is 35.8 Å². The quantitative estimate of drug-likeness (QED) is 0.889. The number of hydrogen-bond acceptors (Lipinski definition) is 3. The normalized spacial score (nSPS) is 12.7. The maximum atomic E-state index is 9.11. The molecule has 5 heteroatoms. The second kappa shape index (κ2) is 4.63. The predicted molar refractivity (Wildman–Crippen MR) is 61.2 cm³/mol. The third-order valence-electron chi connectivity index (χ3n) is 2.54. The first-order valence-corrected chi connectivity index (χ1v) is 5.35. The topological polar surface area (TPSA) is 50.9 Å². The Balaban J connectivity index is 2.35. The molecule has 0 aliphatic carbocycles. The maximum absolute atomic E-state index is 9.11. The van der Waals surface area contributed by atoms with Crippen molar-refractivity contribution in [2.24, 2.45) is 0 Å². The fraction of sp³-hybridized carbons (Fsp3) is 0.273. The van der Waals surface area contributed by atoms with Crippen LogP contribution in [0.4, 0.5) is 0 Å². The number of aliphatic hydroxyl groups is 1. The van der Waals surface area contributed by atoms with E-state index in [1.165, 1.54) is 0 Å². The van der Waals surface area contributed by atoms with Crippen LogP contribution in [0.1, 0.15) is 24.4 Å². The van der Waals surface area contributed by atoms with E-state index < -0.39 is 0 Å². The summed E-state index contributed by atoms with van der Waals surface area (Å²) in [5.41, 5.74) is 1.06. The van der Waals surface area contributed by atoms with Gasteiger partial charge in [0, 0.05) is 5.02 Å². The first-order chi connectivity index (χ1) is 7.72. The molecule has 0 saturated carbocycles. The van der Waals surface area contributed by atoms with Gasteiger partial charge < -0.3 is 9.67 Å². The fourth-order valence-corrected chi connectivity index (χ4v) is 1.83. The highest BCUT2D eigenvalue weighted by Gasteiger charge is 2.12. The Bertz CT molecular complexity index is 484. The third-order valence-corrected chi connectivity index (χ3v) is 2.77.